The van der Waals surface area contributed by atoms with Crippen LogP contribution in [0, 0.1) is 5.92 Å². The standard InChI is InChI=1S/C18H25N3O3/c1-5-18(3,4)20-17(24)13-10-16(23)21(11-13)15-8-6-14(7-9-15)19-12(2)22/h6-9,13H,5,10-11H2,1-4H3,(H,19,22)(H,20,24)/t13-/m0/s1. The fraction of sp³-hybridized carbons (Fsp3) is 0.500. The van der Waals surface area contributed by atoms with Crippen molar-refractivity contribution < 1.29 is 14.4 Å². The van der Waals surface area contributed by atoms with E-state index in [-0.39, 0.29) is 35.6 Å². The van der Waals surface area contributed by atoms with Gasteiger partial charge in [-0.15, -0.1) is 0 Å². The summed E-state index contributed by atoms with van der Waals surface area (Å²) < 4.78 is 0. The maximum absolute atomic E-state index is 12.4. The lowest BCUT2D eigenvalue weighted by Crippen LogP contribution is -2.46. The van der Waals surface area contributed by atoms with Gasteiger partial charge in [0.15, 0.2) is 0 Å². The van der Waals surface area contributed by atoms with Gasteiger partial charge < -0.3 is 15.5 Å². The zero-order valence-electron chi connectivity index (χ0n) is 14.7. The van der Waals surface area contributed by atoms with E-state index in [1.807, 2.05) is 20.8 Å². The lowest BCUT2D eigenvalue weighted by Gasteiger charge is -2.26. The van der Waals surface area contributed by atoms with Crippen LogP contribution in [0.2, 0.25) is 0 Å². The molecular weight excluding hydrogens is 306 g/mol. The number of carbonyl (C=O) groups is 3. The van der Waals surface area contributed by atoms with Crippen molar-refractivity contribution in [1.82, 2.24) is 5.32 Å². The Labute approximate surface area is 142 Å². The molecule has 0 unspecified atom stereocenters. The molecule has 1 fully saturated rings. The predicted octanol–water partition coefficient (Wildman–Crippen LogP) is 2.30. The number of carbonyl (C=O) groups excluding carboxylic acids is 3. The second-order valence-corrected chi connectivity index (χ2v) is 6.86. The first-order valence-corrected chi connectivity index (χ1v) is 8.22. The first-order chi connectivity index (χ1) is 11.2. The normalized spacial score (nSPS) is 17.8. The summed E-state index contributed by atoms with van der Waals surface area (Å²) >= 11 is 0. The lowest BCUT2D eigenvalue weighted by molar-refractivity contribution is -0.127. The zero-order chi connectivity index (χ0) is 17.9. The summed E-state index contributed by atoms with van der Waals surface area (Å²) in [4.78, 5) is 37.3. The molecule has 6 heteroatoms. The lowest BCUT2D eigenvalue weighted by atomic mass is 9.99. The van der Waals surface area contributed by atoms with Gasteiger partial charge in [0, 0.05) is 36.8 Å². The number of anilines is 2. The molecule has 1 saturated heterocycles. The van der Waals surface area contributed by atoms with E-state index in [9.17, 15) is 14.4 Å². The Balaban J connectivity index is 2.04. The van der Waals surface area contributed by atoms with Crippen molar-refractivity contribution in [3.63, 3.8) is 0 Å². The molecular formula is C18H25N3O3. The van der Waals surface area contributed by atoms with Gasteiger partial charge in [-0.25, -0.2) is 0 Å². The van der Waals surface area contributed by atoms with Gasteiger partial charge in [0.2, 0.25) is 17.7 Å². The average molecular weight is 331 g/mol. The molecule has 2 N–H and O–H groups in total. The molecule has 0 aliphatic carbocycles. The van der Waals surface area contributed by atoms with E-state index >= 15 is 0 Å². The van der Waals surface area contributed by atoms with Crippen molar-refractivity contribution in [1.29, 1.82) is 0 Å². The molecule has 0 saturated carbocycles. The Bertz CT molecular complexity index is 637. The molecule has 2 rings (SSSR count). The Morgan fingerprint density at radius 1 is 1.25 bits per heavy atom. The number of benzene rings is 1. The largest absolute Gasteiger partial charge is 0.351 e. The molecule has 1 aromatic rings. The maximum Gasteiger partial charge on any atom is 0.227 e. The van der Waals surface area contributed by atoms with E-state index in [1.54, 1.807) is 29.2 Å². The second kappa shape index (κ2) is 7.03. The second-order valence-electron chi connectivity index (χ2n) is 6.86. The number of nitrogens with zero attached hydrogens (tertiary/aromatic N) is 1. The third-order valence-corrected chi connectivity index (χ3v) is 4.34. The summed E-state index contributed by atoms with van der Waals surface area (Å²) in [6.45, 7) is 7.78. The van der Waals surface area contributed by atoms with Crippen LogP contribution in [0.3, 0.4) is 0 Å². The predicted molar refractivity (Wildman–Crippen MR) is 93.7 cm³/mol. The van der Waals surface area contributed by atoms with Gasteiger partial charge >= 0.3 is 0 Å². The van der Waals surface area contributed by atoms with Crippen LogP contribution < -0.4 is 15.5 Å². The van der Waals surface area contributed by atoms with Crippen molar-refractivity contribution >= 4 is 29.1 Å². The van der Waals surface area contributed by atoms with E-state index in [2.05, 4.69) is 10.6 Å². The van der Waals surface area contributed by atoms with Crippen molar-refractivity contribution in [3.05, 3.63) is 24.3 Å². The van der Waals surface area contributed by atoms with Gasteiger partial charge in [-0.1, -0.05) is 6.92 Å². The third kappa shape index (κ3) is 4.34. The zero-order valence-corrected chi connectivity index (χ0v) is 14.7. The molecule has 0 aromatic heterocycles. The van der Waals surface area contributed by atoms with Crippen molar-refractivity contribution in [2.75, 3.05) is 16.8 Å². The molecule has 0 bridgehead atoms. The van der Waals surface area contributed by atoms with Crippen molar-refractivity contribution in [2.45, 2.75) is 46.1 Å². The van der Waals surface area contributed by atoms with Gasteiger partial charge in [0.05, 0.1) is 5.92 Å². The number of hydrogen-bond donors (Lipinski definition) is 2. The molecule has 0 radical (unpaired) electrons. The summed E-state index contributed by atoms with van der Waals surface area (Å²) in [7, 11) is 0. The maximum atomic E-state index is 12.4. The Morgan fingerprint density at radius 2 is 1.88 bits per heavy atom. The van der Waals surface area contributed by atoms with Crippen LogP contribution in [0.1, 0.15) is 40.5 Å². The van der Waals surface area contributed by atoms with Crippen LogP contribution in [0.25, 0.3) is 0 Å². The van der Waals surface area contributed by atoms with Gasteiger partial charge in [-0.3, -0.25) is 14.4 Å². The highest BCUT2D eigenvalue weighted by molar-refractivity contribution is 6.00. The molecule has 1 aromatic carbocycles. The SMILES string of the molecule is CCC(C)(C)NC(=O)[C@H]1CC(=O)N(c2ccc(NC(C)=O)cc2)C1. The fourth-order valence-electron chi connectivity index (χ4n) is 2.58. The minimum Gasteiger partial charge on any atom is -0.351 e. The van der Waals surface area contributed by atoms with Crippen LogP contribution in [0.15, 0.2) is 24.3 Å². The highest BCUT2D eigenvalue weighted by atomic mass is 16.2. The van der Waals surface area contributed by atoms with E-state index in [0.29, 0.717) is 12.2 Å². The first-order valence-electron chi connectivity index (χ1n) is 8.22. The summed E-state index contributed by atoms with van der Waals surface area (Å²) in [5.41, 5.74) is 1.14. The van der Waals surface area contributed by atoms with Crippen LogP contribution in [-0.4, -0.2) is 29.8 Å². The van der Waals surface area contributed by atoms with Crippen molar-refractivity contribution in [3.8, 4) is 0 Å². The monoisotopic (exact) mass is 331 g/mol. The highest BCUT2D eigenvalue weighted by Gasteiger charge is 2.36. The third-order valence-electron chi connectivity index (χ3n) is 4.34. The van der Waals surface area contributed by atoms with Crippen LogP contribution in [0.5, 0.6) is 0 Å². The van der Waals surface area contributed by atoms with Gasteiger partial charge in [0.25, 0.3) is 0 Å². The van der Waals surface area contributed by atoms with E-state index in [4.69, 9.17) is 0 Å². The molecule has 24 heavy (non-hydrogen) atoms. The molecule has 1 atom stereocenters. The Kier molecular flexibility index (Phi) is 5.26. The Hall–Kier alpha value is -2.37. The van der Waals surface area contributed by atoms with Crippen LogP contribution in [-0.2, 0) is 14.4 Å². The van der Waals surface area contributed by atoms with Crippen LogP contribution in [0.4, 0.5) is 11.4 Å². The molecule has 1 heterocycles. The molecule has 3 amide bonds. The summed E-state index contributed by atoms with van der Waals surface area (Å²) in [6.07, 6.45) is 1.05. The minimum atomic E-state index is -0.335. The number of hydrogen-bond acceptors (Lipinski definition) is 3. The summed E-state index contributed by atoms with van der Waals surface area (Å²) in [5, 5.41) is 5.69. The summed E-state index contributed by atoms with van der Waals surface area (Å²) in [6, 6.07) is 7.05. The van der Waals surface area contributed by atoms with Gasteiger partial charge in [-0.05, 0) is 44.5 Å². The fourth-order valence-corrected chi connectivity index (χ4v) is 2.58. The number of rotatable bonds is 5. The smallest absolute Gasteiger partial charge is 0.227 e. The van der Waals surface area contributed by atoms with E-state index in [1.165, 1.54) is 6.92 Å². The summed E-state index contributed by atoms with van der Waals surface area (Å²) in [5.74, 6) is -0.613. The number of nitrogens with one attached hydrogen (secondary N) is 2. The molecule has 130 valence electrons. The molecule has 0 spiro atoms. The topological polar surface area (TPSA) is 78.5 Å². The van der Waals surface area contributed by atoms with Crippen molar-refractivity contribution in [2.24, 2.45) is 5.92 Å². The Morgan fingerprint density at radius 3 is 2.42 bits per heavy atom. The minimum absolute atomic E-state index is 0.0586. The number of amides is 3. The quantitative estimate of drug-likeness (QED) is 0.869. The van der Waals surface area contributed by atoms with E-state index < -0.39 is 0 Å². The van der Waals surface area contributed by atoms with E-state index in [0.717, 1.165) is 12.1 Å². The van der Waals surface area contributed by atoms with Gasteiger partial charge in [0.1, 0.15) is 0 Å². The molecule has 1 aliphatic rings. The van der Waals surface area contributed by atoms with Gasteiger partial charge in [-0.2, -0.15) is 0 Å². The van der Waals surface area contributed by atoms with Crippen LogP contribution >= 0.6 is 0 Å². The first kappa shape index (κ1) is 18.0. The molecule has 6 nitrogen and oxygen atoms in total. The molecule has 1 aliphatic heterocycles. The highest BCUT2D eigenvalue weighted by Crippen LogP contribution is 2.27. The average Bonchev–Trinajstić information content (AvgIpc) is 2.89.